The van der Waals surface area contributed by atoms with Crippen LogP contribution in [0.25, 0.3) is 21.8 Å². The number of rotatable bonds is 5. The molecule has 8 heteroatoms. The average Bonchev–Trinajstić information content (AvgIpc) is 3.34. The van der Waals surface area contributed by atoms with Gasteiger partial charge in [-0.15, -0.1) is 11.3 Å². The SMILES string of the molecule is Cc1ccccc1-c1nc(C)c(CNC(=O)c2cc(-c3ccc(F)cc3F)n[nH]2)s1. The summed E-state index contributed by atoms with van der Waals surface area (Å²) in [5.41, 5.74) is 3.61. The Morgan fingerprint density at radius 1 is 1.10 bits per heavy atom. The second-order valence-corrected chi connectivity index (χ2v) is 7.90. The van der Waals surface area contributed by atoms with Gasteiger partial charge in [0, 0.05) is 22.1 Å². The summed E-state index contributed by atoms with van der Waals surface area (Å²) in [7, 11) is 0. The topological polar surface area (TPSA) is 70.7 Å². The van der Waals surface area contributed by atoms with Crippen LogP contribution < -0.4 is 5.32 Å². The highest BCUT2D eigenvalue weighted by Crippen LogP contribution is 2.30. The standard InChI is InChI=1S/C22H18F2N4OS/c1-12-5-3-4-6-15(12)22-26-13(2)20(30-22)11-25-21(29)19-10-18(27-28-19)16-8-7-14(23)9-17(16)24/h3-10H,11H2,1-2H3,(H,25,29)(H,27,28). The lowest BCUT2D eigenvalue weighted by molar-refractivity contribution is 0.0946. The summed E-state index contributed by atoms with van der Waals surface area (Å²) in [6.07, 6.45) is 0. The number of benzene rings is 2. The van der Waals surface area contributed by atoms with Crippen molar-refractivity contribution in [3.8, 4) is 21.8 Å². The van der Waals surface area contributed by atoms with Gasteiger partial charge in [-0.25, -0.2) is 13.8 Å². The van der Waals surface area contributed by atoms with Gasteiger partial charge in [-0.05, 0) is 37.6 Å². The van der Waals surface area contributed by atoms with E-state index in [1.165, 1.54) is 23.5 Å². The number of H-pyrrole nitrogens is 1. The third kappa shape index (κ3) is 3.99. The molecule has 4 aromatic rings. The lowest BCUT2D eigenvalue weighted by Crippen LogP contribution is -2.23. The van der Waals surface area contributed by atoms with E-state index in [9.17, 15) is 13.6 Å². The molecule has 0 radical (unpaired) electrons. The molecule has 1 amide bonds. The maximum Gasteiger partial charge on any atom is 0.269 e. The van der Waals surface area contributed by atoms with E-state index >= 15 is 0 Å². The number of aromatic nitrogens is 3. The molecule has 2 N–H and O–H groups in total. The van der Waals surface area contributed by atoms with Crippen LogP contribution in [0.15, 0.2) is 48.5 Å². The fraction of sp³-hybridized carbons (Fsp3) is 0.136. The van der Waals surface area contributed by atoms with Gasteiger partial charge in [0.15, 0.2) is 0 Å². The second kappa shape index (κ2) is 8.16. The van der Waals surface area contributed by atoms with Crippen LogP contribution >= 0.6 is 11.3 Å². The minimum atomic E-state index is -0.738. The minimum Gasteiger partial charge on any atom is -0.346 e. The van der Waals surface area contributed by atoms with Crippen molar-refractivity contribution < 1.29 is 13.6 Å². The maximum atomic E-state index is 13.9. The zero-order valence-electron chi connectivity index (χ0n) is 16.3. The molecule has 0 saturated heterocycles. The van der Waals surface area contributed by atoms with Crippen LogP contribution in [0.2, 0.25) is 0 Å². The lowest BCUT2D eigenvalue weighted by Gasteiger charge is -2.02. The molecule has 152 valence electrons. The van der Waals surface area contributed by atoms with Crippen LogP contribution in [0.1, 0.15) is 26.6 Å². The van der Waals surface area contributed by atoms with E-state index in [0.29, 0.717) is 6.54 Å². The van der Waals surface area contributed by atoms with Crippen LogP contribution in [0.5, 0.6) is 0 Å². The molecule has 0 atom stereocenters. The van der Waals surface area contributed by atoms with Gasteiger partial charge in [0.1, 0.15) is 22.3 Å². The molecule has 2 heterocycles. The number of nitrogens with zero attached hydrogens (tertiary/aromatic N) is 2. The highest BCUT2D eigenvalue weighted by atomic mass is 32.1. The lowest BCUT2D eigenvalue weighted by atomic mass is 10.1. The van der Waals surface area contributed by atoms with Crippen molar-refractivity contribution >= 4 is 17.2 Å². The highest BCUT2D eigenvalue weighted by Gasteiger charge is 2.16. The quantitative estimate of drug-likeness (QED) is 0.472. The van der Waals surface area contributed by atoms with Crippen molar-refractivity contribution in [3.05, 3.63) is 82.0 Å². The van der Waals surface area contributed by atoms with Gasteiger partial charge in [0.25, 0.3) is 5.91 Å². The average molecular weight is 424 g/mol. The summed E-state index contributed by atoms with van der Waals surface area (Å²) in [6.45, 7) is 4.26. The van der Waals surface area contributed by atoms with Crippen molar-refractivity contribution in [3.63, 3.8) is 0 Å². The molecule has 0 fully saturated rings. The molecule has 0 saturated carbocycles. The smallest absolute Gasteiger partial charge is 0.269 e. The van der Waals surface area contributed by atoms with Crippen LogP contribution in [0, 0.1) is 25.5 Å². The number of hydrogen-bond donors (Lipinski definition) is 2. The molecule has 0 bridgehead atoms. The maximum absolute atomic E-state index is 13.9. The first-order valence-corrected chi connectivity index (χ1v) is 10.1. The molecule has 0 aliphatic heterocycles. The predicted molar refractivity (Wildman–Crippen MR) is 112 cm³/mol. The van der Waals surface area contributed by atoms with Crippen molar-refractivity contribution in [2.45, 2.75) is 20.4 Å². The number of amides is 1. The molecular formula is C22H18F2N4OS. The van der Waals surface area contributed by atoms with E-state index in [2.05, 4.69) is 20.5 Å². The molecule has 2 aromatic carbocycles. The largest absolute Gasteiger partial charge is 0.346 e. The molecule has 0 unspecified atom stereocenters. The zero-order chi connectivity index (χ0) is 21.3. The van der Waals surface area contributed by atoms with Crippen LogP contribution in [-0.2, 0) is 6.54 Å². The van der Waals surface area contributed by atoms with Crippen LogP contribution in [-0.4, -0.2) is 21.1 Å². The van der Waals surface area contributed by atoms with E-state index in [1.807, 2.05) is 38.1 Å². The Kier molecular flexibility index (Phi) is 5.41. The van der Waals surface area contributed by atoms with Crippen LogP contribution in [0.3, 0.4) is 0 Å². The third-order valence-corrected chi connectivity index (χ3v) is 5.90. The molecular weight excluding hydrogens is 406 g/mol. The summed E-state index contributed by atoms with van der Waals surface area (Å²) in [5, 5.41) is 10.3. The van der Waals surface area contributed by atoms with Crippen molar-refractivity contribution in [1.29, 1.82) is 0 Å². The minimum absolute atomic E-state index is 0.118. The number of carbonyl (C=O) groups excluding carboxylic acids is 1. The van der Waals surface area contributed by atoms with Gasteiger partial charge >= 0.3 is 0 Å². The molecule has 5 nitrogen and oxygen atoms in total. The Hall–Kier alpha value is -3.39. The Balaban J connectivity index is 1.47. The zero-order valence-corrected chi connectivity index (χ0v) is 17.1. The van der Waals surface area contributed by atoms with E-state index in [-0.39, 0.29) is 22.9 Å². The normalized spacial score (nSPS) is 10.9. The molecule has 0 aliphatic rings. The summed E-state index contributed by atoms with van der Waals surface area (Å²) in [4.78, 5) is 18.1. The monoisotopic (exact) mass is 424 g/mol. The third-order valence-electron chi connectivity index (χ3n) is 4.71. The first-order chi connectivity index (χ1) is 14.4. The van der Waals surface area contributed by atoms with E-state index in [0.717, 1.165) is 38.8 Å². The van der Waals surface area contributed by atoms with Crippen LogP contribution in [0.4, 0.5) is 8.78 Å². The number of halogens is 2. The Morgan fingerprint density at radius 2 is 1.90 bits per heavy atom. The van der Waals surface area contributed by atoms with E-state index < -0.39 is 11.6 Å². The number of thiazole rings is 1. The predicted octanol–water partition coefficient (Wildman–Crippen LogP) is 5.03. The Morgan fingerprint density at radius 3 is 2.67 bits per heavy atom. The summed E-state index contributed by atoms with van der Waals surface area (Å²) < 4.78 is 27.0. The first kappa shape index (κ1) is 19.9. The number of carbonyl (C=O) groups is 1. The van der Waals surface area contributed by atoms with Gasteiger partial charge in [-0.1, -0.05) is 24.3 Å². The molecule has 0 aliphatic carbocycles. The van der Waals surface area contributed by atoms with Crippen molar-refractivity contribution in [2.24, 2.45) is 0 Å². The van der Waals surface area contributed by atoms with Gasteiger partial charge < -0.3 is 5.32 Å². The fourth-order valence-corrected chi connectivity index (χ4v) is 4.14. The highest BCUT2D eigenvalue weighted by molar-refractivity contribution is 7.15. The summed E-state index contributed by atoms with van der Waals surface area (Å²) >= 11 is 1.53. The molecule has 2 aromatic heterocycles. The number of nitrogens with one attached hydrogen (secondary N) is 2. The first-order valence-electron chi connectivity index (χ1n) is 9.23. The molecule has 30 heavy (non-hydrogen) atoms. The van der Waals surface area contributed by atoms with Gasteiger partial charge in [0.2, 0.25) is 0 Å². The van der Waals surface area contributed by atoms with Gasteiger partial charge in [-0.2, -0.15) is 5.10 Å². The van der Waals surface area contributed by atoms with E-state index in [4.69, 9.17) is 0 Å². The van der Waals surface area contributed by atoms with Gasteiger partial charge in [-0.3, -0.25) is 9.89 Å². The Bertz CT molecular complexity index is 1230. The number of hydrogen-bond acceptors (Lipinski definition) is 4. The second-order valence-electron chi connectivity index (χ2n) is 6.82. The fourth-order valence-electron chi connectivity index (χ4n) is 3.05. The van der Waals surface area contributed by atoms with Gasteiger partial charge in [0.05, 0.1) is 17.9 Å². The molecule has 0 spiro atoms. The van der Waals surface area contributed by atoms with E-state index in [1.54, 1.807) is 0 Å². The number of aryl methyl sites for hydroxylation is 2. The number of aromatic amines is 1. The van der Waals surface area contributed by atoms with Crippen molar-refractivity contribution in [1.82, 2.24) is 20.5 Å². The Labute approximate surface area is 175 Å². The van der Waals surface area contributed by atoms with Crippen molar-refractivity contribution in [2.75, 3.05) is 0 Å². The molecule has 4 rings (SSSR count). The summed E-state index contributed by atoms with van der Waals surface area (Å²) in [6, 6.07) is 12.7. The summed E-state index contributed by atoms with van der Waals surface area (Å²) in [5.74, 6) is -1.78.